The maximum absolute atomic E-state index is 13.6. The summed E-state index contributed by atoms with van der Waals surface area (Å²) in [4.78, 5) is 27.6. The maximum atomic E-state index is 13.6. The van der Waals surface area contributed by atoms with Crippen molar-refractivity contribution in [1.29, 1.82) is 0 Å². The summed E-state index contributed by atoms with van der Waals surface area (Å²) in [6.07, 6.45) is 0. The van der Waals surface area contributed by atoms with Gasteiger partial charge in [-0.2, -0.15) is 0 Å². The van der Waals surface area contributed by atoms with Crippen LogP contribution in [0, 0.1) is 0 Å². The van der Waals surface area contributed by atoms with E-state index >= 15 is 0 Å². The molecule has 2 aliphatic heterocycles. The summed E-state index contributed by atoms with van der Waals surface area (Å²) in [6.45, 7) is 3.44. The first-order valence-electron chi connectivity index (χ1n) is 13.0. The number of carbonyl (C=O) groups excluding carboxylic acids is 2. The zero-order valence-electron chi connectivity index (χ0n) is 23.0. The van der Waals surface area contributed by atoms with Gasteiger partial charge in [-0.15, -0.1) is 0 Å². The summed E-state index contributed by atoms with van der Waals surface area (Å²) < 4.78 is 69.1. The fraction of sp³-hybridized carbons (Fsp3) is 0.357. The van der Waals surface area contributed by atoms with E-state index < -0.39 is 26.8 Å². The van der Waals surface area contributed by atoms with Crippen molar-refractivity contribution >= 4 is 38.4 Å². The van der Waals surface area contributed by atoms with Gasteiger partial charge in [0.15, 0.2) is 11.5 Å². The molecule has 0 fully saturated rings. The van der Waals surface area contributed by atoms with Crippen molar-refractivity contribution in [3.05, 3.63) is 59.7 Å². The Morgan fingerprint density at radius 3 is 1.74 bits per heavy atom. The molecule has 0 aromatic heterocycles. The summed E-state index contributed by atoms with van der Waals surface area (Å²) in [5.74, 6) is -0.686. The van der Waals surface area contributed by atoms with Crippen LogP contribution in [-0.4, -0.2) is 90.9 Å². The maximum Gasteiger partial charge on any atom is 1.00 e. The minimum absolute atomic E-state index is 0. The van der Waals surface area contributed by atoms with Crippen LogP contribution in [0.2, 0.25) is 0 Å². The third-order valence-corrected chi connectivity index (χ3v) is 7.30. The second-order valence-corrected chi connectivity index (χ2v) is 10.4. The zero-order valence-corrected chi connectivity index (χ0v) is 27.0. The number of carbonyl (C=O) groups is 2. The normalized spacial score (nSPS) is 17.7. The van der Waals surface area contributed by atoms with E-state index in [4.69, 9.17) is 28.4 Å². The van der Waals surface area contributed by atoms with Gasteiger partial charge in [0.1, 0.15) is 23.3 Å². The first-order valence-corrected chi connectivity index (χ1v) is 14.4. The van der Waals surface area contributed by atoms with E-state index in [0.29, 0.717) is 52.0 Å². The number of ether oxygens (including phenoxy) is 6. The van der Waals surface area contributed by atoms with Gasteiger partial charge in [0.05, 0.1) is 63.4 Å². The van der Waals surface area contributed by atoms with Crippen molar-refractivity contribution in [2.24, 2.45) is 0 Å². The number of hydrogen-bond donors (Lipinski definition) is 0. The summed E-state index contributed by atoms with van der Waals surface area (Å²) >= 11 is 0. The number of amides is 2. The molecule has 0 unspecified atom stereocenters. The molecule has 2 aliphatic rings. The van der Waals surface area contributed by atoms with Gasteiger partial charge in [0.25, 0.3) is 11.8 Å². The summed E-state index contributed by atoms with van der Waals surface area (Å²) in [5, 5.41) is 0.146. The number of fused-ring (bicyclic) bond motifs is 1. The summed E-state index contributed by atoms with van der Waals surface area (Å²) in [6, 6.07) is 11.3. The first-order chi connectivity index (χ1) is 19.9. The van der Waals surface area contributed by atoms with Gasteiger partial charge in [0, 0.05) is 28.0 Å². The zero-order chi connectivity index (χ0) is 28.8. The van der Waals surface area contributed by atoms with Crippen LogP contribution in [0.4, 0.5) is 5.69 Å². The fourth-order valence-electron chi connectivity index (χ4n) is 4.57. The number of benzene rings is 3. The molecule has 2 heterocycles. The van der Waals surface area contributed by atoms with Gasteiger partial charge in [-0.05, 0) is 30.3 Å². The van der Waals surface area contributed by atoms with Crippen molar-refractivity contribution < 1.29 is 102 Å². The van der Waals surface area contributed by atoms with Crippen molar-refractivity contribution in [2.45, 2.75) is 4.90 Å². The molecule has 0 N–H and O–H groups in total. The third kappa shape index (κ3) is 7.57. The molecular formula is C28H28KNO11S. The van der Waals surface area contributed by atoms with Gasteiger partial charge >= 0.3 is 51.4 Å². The quantitative estimate of drug-likeness (QED) is 0.204. The Morgan fingerprint density at radius 1 is 0.643 bits per heavy atom. The largest absolute Gasteiger partial charge is 1.00 e. The molecule has 0 radical (unpaired) electrons. The number of anilines is 1. The molecule has 218 valence electrons. The van der Waals surface area contributed by atoms with E-state index in [-0.39, 0.29) is 105 Å². The molecule has 2 amide bonds. The minimum Gasteiger partial charge on any atom is -0.744 e. The van der Waals surface area contributed by atoms with Gasteiger partial charge in [-0.3, -0.25) is 9.59 Å². The molecule has 42 heavy (non-hydrogen) atoms. The molecule has 5 rings (SSSR count). The van der Waals surface area contributed by atoms with Crippen molar-refractivity contribution in [3.8, 4) is 11.5 Å². The Labute approximate surface area is 285 Å². The van der Waals surface area contributed by atoms with E-state index in [1.807, 2.05) is 0 Å². The average molecular weight is 626 g/mol. The number of nitrogens with zero attached hydrogens (tertiary/aromatic N) is 1. The number of imide groups is 1. The van der Waals surface area contributed by atoms with Crippen LogP contribution in [0.5, 0.6) is 11.5 Å². The molecule has 0 atom stereocenters. The Hall–Kier alpha value is -1.95. The van der Waals surface area contributed by atoms with Crippen LogP contribution in [0.3, 0.4) is 0 Å². The van der Waals surface area contributed by atoms with Crippen molar-refractivity contribution in [3.63, 3.8) is 0 Å². The minimum atomic E-state index is -4.84. The predicted molar refractivity (Wildman–Crippen MR) is 144 cm³/mol. The second-order valence-electron chi connectivity index (χ2n) is 9.02. The summed E-state index contributed by atoms with van der Waals surface area (Å²) in [5.41, 5.74) is 0.404. The van der Waals surface area contributed by atoms with E-state index in [2.05, 4.69) is 0 Å². The van der Waals surface area contributed by atoms with Gasteiger partial charge in [-0.25, -0.2) is 13.3 Å². The molecule has 12 nitrogen and oxygen atoms in total. The first kappa shape index (κ1) is 32.9. The number of rotatable bonds is 2. The molecule has 0 bridgehead atoms. The van der Waals surface area contributed by atoms with E-state index in [1.165, 1.54) is 30.3 Å². The molecule has 3 aromatic carbocycles. The van der Waals surface area contributed by atoms with Gasteiger partial charge in [-0.1, -0.05) is 12.1 Å². The molecule has 3 aromatic rings. The molecule has 0 saturated heterocycles. The van der Waals surface area contributed by atoms with Crippen LogP contribution < -0.4 is 65.8 Å². The average Bonchev–Trinajstić information content (AvgIpc) is 2.95. The van der Waals surface area contributed by atoms with Crippen molar-refractivity contribution in [1.82, 2.24) is 0 Å². The molecule has 0 spiro atoms. The number of hydrogen-bond acceptors (Lipinski definition) is 11. The van der Waals surface area contributed by atoms with Gasteiger partial charge < -0.3 is 33.0 Å². The summed E-state index contributed by atoms with van der Waals surface area (Å²) in [7, 11) is -4.84. The van der Waals surface area contributed by atoms with E-state index in [1.54, 1.807) is 12.1 Å². The van der Waals surface area contributed by atoms with Crippen LogP contribution in [0.25, 0.3) is 10.8 Å². The van der Waals surface area contributed by atoms with Gasteiger partial charge in [0.2, 0.25) is 0 Å². The van der Waals surface area contributed by atoms with Crippen LogP contribution in [0.1, 0.15) is 20.7 Å². The topological polar surface area (TPSA) is 150 Å². The standard InChI is InChI=1S/C28H29NO11S.K/c30-27-21-3-1-2-20-25(41(32,33)34)7-5-22(26(20)21)28(31)29(27)19-4-6-23-24(18-19)40-17-15-38-13-11-36-9-8-35-10-12-37-14-16-39-23;/h1-7,18H,8-17H2,(H,32,33,34);/q;+1/p-1. The SMILES string of the molecule is O=C1c2cccc3c(S(=O)(=O)[O-])ccc(c23)C(=O)N1c1ccc2c(c1)OCCOCCOCCOCCOCCO2.[K+]. The Morgan fingerprint density at radius 2 is 1.17 bits per heavy atom. The smallest absolute Gasteiger partial charge is 0.744 e. The monoisotopic (exact) mass is 625 g/mol. The molecule has 14 heteroatoms. The van der Waals surface area contributed by atoms with E-state index in [9.17, 15) is 22.6 Å². The van der Waals surface area contributed by atoms with Crippen LogP contribution >= 0.6 is 0 Å². The Bertz CT molecular complexity index is 1520. The Balaban J connectivity index is 0.00000405. The van der Waals surface area contributed by atoms with Crippen LogP contribution in [-0.2, 0) is 29.1 Å². The second kappa shape index (κ2) is 15.2. The predicted octanol–water partition coefficient (Wildman–Crippen LogP) is -0.614. The third-order valence-electron chi connectivity index (χ3n) is 6.41. The fourth-order valence-corrected chi connectivity index (χ4v) is 5.25. The molecular weight excluding hydrogens is 597 g/mol. The molecule has 0 saturated carbocycles. The van der Waals surface area contributed by atoms with Crippen LogP contribution in [0.15, 0.2) is 53.4 Å². The Kier molecular flexibility index (Phi) is 11.9. The van der Waals surface area contributed by atoms with E-state index in [0.717, 1.165) is 11.0 Å². The van der Waals surface area contributed by atoms with Crippen molar-refractivity contribution in [2.75, 3.05) is 71.0 Å². The molecule has 0 aliphatic carbocycles.